The van der Waals surface area contributed by atoms with Gasteiger partial charge in [0.25, 0.3) is 15.9 Å². The summed E-state index contributed by atoms with van der Waals surface area (Å²) in [6.45, 7) is 1.27. The molecule has 2 aromatic carbocycles. The minimum atomic E-state index is -4.34. The Hall–Kier alpha value is -2.88. The van der Waals surface area contributed by atoms with Gasteiger partial charge in [-0.15, -0.1) is 0 Å². The van der Waals surface area contributed by atoms with Crippen LogP contribution in [0.4, 0.5) is 18.9 Å². The fourth-order valence-corrected chi connectivity index (χ4v) is 2.82. The van der Waals surface area contributed by atoms with Crippen LogP contribution in [0.3, 0.4) is 0 Å². The minimum Gasteiger partial charge on any atom is -0.326 e. The molecule has 0 atom stereocenters. The van der Waals surface area contributed by atoms with Gasteiger partial charge in [-0.3, -0.25) is 9.59 Å². The third-order valence-corrected chi connectivity index (χ3v) is 4.30. The first kappa shape index (κ1) is 18.5. The Morgan fingerprint density at radius 1 is 0.960 bits per heavy atom. The van der Waals surface area contributed by atoms with Gasteiger partial charge in [-0.25, -0.2) is 26.3 Å². The zero-order chi connectivity index (χ0) is 18.8. The summed E-state index contributed by atoms with van der Waals surface area (Å²) in [6, 6.07) is 5.57. The largest absolute Gasteiger partial charge is 0.326 e. The highest BCUT2D eigenvalue weighted by Crippen LogP contribution is 2.16. The molecule has 0 bridgehead atoms. The van der Waals surface area contributed by atoms with E-state index < -0.39 is 38.9 Å². The van der Waals surface area contributed by atoms with E-state index in [1.165, 1.54) is 19.1 Å². The summed E-state index contributed by atoms with van der Waals surface area (Å²) in [4.78, 5) is 22.4. The van der Waals surface area contributed by atoms with Crippen LogP contribution in [0.2, 0.25) is 0 Å². The molecule has 0 aliphatic heterocycles. The maximum atomic E-state index is 13.1. The Labute approximate surface area is 140 Å². The lowest BCUT2D eigenvalue weighted by Gasteiger charge is -2.08. The van der Waals surface area contributed by atoms with Crippen LogP contribution in [0.1, 0.15) is 17.3 Å². The molecule has 2 rings (SSSR count). The lowest BCUT2D eigenvalue weighted by molar-refractivity contribution is -0.114. The van der Waals surface area contributed by atoms with E-state index in [4.69, 9.17) is 0 Å². The summed E-state index contributed by atoms with van der Waals surface area (Å²) in [7, 11) is -4.34. The van der Waals surface area contributed by atoms with E-state index in [2.05, 4.69) is 5.32 Å². The average molecular weight is 372 g/mol. The van der Waals surface area contributed by atoms with E-state index in [0.29, 0.717) is 17.8 Å². The van der Waals surface area contributed by atoms with E-state index in [0.717, 1.165) is 12.1 Å². The molecule has 0 radical (unpaired) electrons. The van der Waals surface area contributed by atoms with Crippen molar-refractivity contribution in [3.63, 3.8) is 0 Å². The SMILES string of the molecule is CC(=O)Nc1ccc(S(=O)(=O)NC(=O)c2cc(F)c(F)c(F)c2)cc1. The van der Waals surface area contributed by atoms with Gasteiger partial charge in [-0.05, 0) is 36.4 Å². The lowest BCUT2D eigenvalue weighted by Crippen LogP contribution is -2.30. The van der Waals surface area contributed by atoms with Crippen LogP contribution < -0.4 is 10.0 Å². The molecular weight excluding hydrogens is 361 g/mol. The summed E-state index contributed by atoms with van der Waals surface area (Å²) >= 11 is 0. The van der Waals surface area contributed by atoms with Gasteiger partial charge in [0.2, 0.25) is 5.91 Å². The molecule has 132 valence electrons. The van der Waals surface area contributed by atoms with Crippen molar-refractivity contribution in [2.75, 3.05) is 5.32 Å². The van der Waals surface area contributed by atoms with Gasteiger partial charge < -0.3 is 5.32 Å². The minimum absolute atomic E-state index is 0.321. The number of carbonyl (C=O) groups excluding carboxylic acids is 2. The highest BCUT2D eigenvalue weighted by Gasteiger charge is 2.21. The first-order chi connectivity index (χ1) is 11.6. The third kappa shape index (κ3) is 4.35. The fraction of sp³-hybridized carbons (Fsp3) is 0.0667. The van der Waals surface area contributed by atoms with Crippen LogP contribution in [-0.2, 0) is 14.8 Å². The predicted molar refractivity (Wildman–Crippen MR) is 81.7 cm³/mol. The second kappa shape index (κ2) is 6.93. The molecule has 0 heterocycles. The molecule has 0 aliphatic carbocycles. The molecular formula is C15H11F3N2O4S. The lowest BCUT2D eigenvalue weighted by atomic mass is 10.2. The first-order valence-electron chi connectivity index (χ1n) is 6.69. The Morgan fingerprint density at radius 3 is 1.96 bits per heavy atom. The number of carbonyl (C=O) groups is 2. The maximum Gasteiger partial charge on any atom is 0.265 e. The van der Waals surface area contributed by atoms with Gasteiger partial charge in [0.05, 0.1) is 4.90 Å². The highest BCUT2D eigenvalue weighted by atomic mass is 32.2. The summed E-state index contributed by atoms with van der Waals surface area (Å²) in [6.07, 6.45) is 0. The van der Waals surface area contributed by atoms with Crippen molar-refractivity contribution >= 4 is 27.5 Å². The highest BCUT2D eigenvalue weighted by molar-refractivity contribution is 7.90. The normalized spacial score (nSPS) is 11.0. The van der Waals surface area contributed by atoms with Gasteiger partial charge in [0.15, 0.2) is 17.5 Å². The molecule has 0 saturated carbocycles. The molecule has 0 saturated heterocycles. The molecule has 0 spiro atoms. The predicted octanol–water partition coefficient (Wildman–Crippen LogP) is 2.18. The number of anilines is 1. The maximum absolute atomic E-state index is 13.1. The molecule has 2 amide bonds. The van der Waals surface area contributed by atoms with E-state index in [1.807, 2.05) is 0 Å². The van der Waals surface area contributed by atoms with Crippen molar-refractivity contribution in [3.8, 4) is 0 Å². The average Bonchev–Trinajstić information content (AvgIpc) is 2.51. The Morgan fingerprint density at radius 2 is 1.48 bits per heavy atom. The van der Waals surface area contributed by atoms with Crippen molar-refractivity contribution in [1.82, 2.24) is 4.72 Å². The number of rotatable bonds is 4. The molecule has 0 unspecified atom stereocenters. The molecule has 10 heteroatoms. The number of hydrogen-bond acceptors (Lipinski definition) is 4. The standard InChI is InChI=1S/C15H11F3N2O4S/c1-8(21)19-10-2-4-11(5-3-10)25(23,24)20-15(22)9-6-12(16)14(18)13(17)7-9/h2-7H,1H3,(H,19,21)(H,20,22). The summed E-state index contributed by atoms with van der Waals surface area (Å²) in [5.74, 6) is -6.70. The third-order valence-electron chi connectivity index (χ3n) is 2.96. The summed E-state index contributed by atoms with van der Waals surface area (Å²) in [5, 5.41) is 2.43. The van der Waals surface area contributed by atoms with Crippen LogP contribution in [0.5, 0.6) is 0 Å². The monoisotopic (exact) mass is 372 g/mol. The van der Waals surface area contributed by atoms with E-state index in [-0.39, 0.29) is 10.8 Å². The van der Waals surface area contributed by atoms with E-state index >= 15 is 0 Å². The summed E-state index contributed by atoms with van der Waals surface area (Å²) in [5.41, 5.74) is -0.365. The number of halogens is 3. The van der Waals surface area contributed by atoms with E-state index in [9.17, 15) is 31.2 Å². The zero-order valence-corrected chi connectivity index (χ0v) is 13.5. The quantitative estimate of drug-likeness (QED) is 0.805. The number of nitrogens with one attached hydrogen (secondary N) is 2. The molecule has 0 aromatic heterocycles. The summed E-state index contributed by atoms with van der Waals surface area (Å²) < 4.78 is 65.0. The molecule has 0 fully saturated rings. The number of hydrogen-bond donors (Lipinski definition) is 2. The van der Waals surface area contributed by atoms with Gasteiger partial charge in [0.1, 0.15) is 0 Å². The van der Waals surface area contributed by atoms with Crippen molar-refractivity contribution in [3.05, 3.63) is 59.4 Å². The van der Waals surface area contributed by atoms with E-state index in [1.54, 1.807) is 4.72 Å². The molecule has 0 aliphatic rings. The smallest absolute Gasteiger partial charge is 0.265 e. The number of sulfonamides is 1. The molecule has 2 N–H and O–H groups in total. The van der Waals surface area contributed by atoms with Crippen molar-refractivity contribution in [2.24, 2.45) is 0 Å². The van der Waals surface area contributed by atoms with Crippen LogP contribution >= 0.6 is 0 Å². The molecule has 25 heavy (non-hydrogen) atoms. The second-order valence-corrected chi connectivity index (χ2v) is 6.58. The number of benzene rings is 2. The van der Waals surface area contributed by atoms with Crippen molar-refractivity contribution in [1.29, 1.82) is 0 Å². The molecule has 2 aromatic rings. The Balaban J connectivity index is 2.23. The van der Waals surface area contributed by atoms with Gasteiger partial charge >= 0.3 is 0 Å². The number of amides is 2. The van der Waals surface area contributed by atoms with Crippen molar-refractivity contribution in [2.45, 2.75) is 11.8 Å². The van der Waals surface area contributed by atoms with Gasteiger partial charge in [-0.1, -0.05) is 0 Å². The van der Waals surface area contributed by atoms with Crippen molar-refractivity contribution < 1.29 is 31.2 Å². The van der Waals surface area contributed by atoms with Gasteiger partial charge in [0, 0.05) is 18.2 Å². The van der Waals surface area contributed by atoms with Gasteiger partial charge in [-0.2, -0.15) is 0 Å². The van der Waals surface area contributed by atoms with Crippen LogP contribution in [-0.4, -0.2) is 20.2 Å². The van der Waals surface area contributed by atoms with Crippen LogP contribution in [0.15, 0.2) is 41.3 Å². The fourth-order valence-electron chi connectivity index (χ4n) is 1.85. The van der Waals surface area contributed by atoms with Crippen LogP contribution in [0, 0.1) is 17.5 Å². The first-order valence-corrected chi connectivity index (χ1v) is 8.18. The second-order valence-electron chi connectivity index (χ2n) is 4.89. The zero-order valence-electron chi connectivity index (χ0n) is 12.6. The van der Waals surface area contributed by atoms with Crippen LogP contribution in [0.25, 0.3) is 0 Å². The topological polar surface area (TPSA) is 92.3 Å². The Bertz CT molecular complexity index is 921. The molecule has 6 nitrogen and oxygen atoms in total. The Kier molecular flexibility index (Phi) is 5.12.